The van der Waals surface area contributed by atoms with Gasteiger partial charge in [0.1, 0.15) is 11.4 Å². The standard InChI is InChI=1S/C24H28N4O/c1-16(2)28(5)23-21(24(29)26-18(4)19-11-7-6-8-12-19)15-25-22(27-23)20-13-9-10-17(3)14-20/h6-16,18H,1-5H3,(H,26,29)/t18-/m1/s1. The van der Waals surface area contributed by atoms with Gasteiger partial charge in [0.2, 0.25) is 0 Å². The summed E-state index contributed by atoms with van der Waals surface area (Å²) >= 11 is 0. The van der Waals surface area contributed by atoms with Gasteiger partial charge in [-0.1, -0.05) is 54.1 Å². The molecule has 3 aromatic rings. The number of nitrogens with one attached hydrogen (secondary N) is 1. The van der Waals surface area contributed by atoms with E-state index in [4.69, 9.17) is 4.98 Å². The molecule has 1 N–H and O–H groups in total. The fourth-order valence-electron chi connectivity index (χ4n) is 3.07. The van der Waals surface area contributed by atoms with Gasteiger partial charge in [-0.05, 0) is 39.3 Å². The minimum Gasteiger partial charge on any atom is -0.356 e. The zero-order chi connectivity index (χ0) is 21.0. The minimum absolute atomic E-state index is 0.114. The molecule has 5 nitrogen and oxygen atoms in total. The minimum atomic E-state index is -0.181. The van der Waals surface area contributed by atoms with E-state index in [1.165, 1.54) is 0 Å². The second-order valence-electron chi connectivity index (χ2n) is 7.61. The van der Waals surface area contributed by atoms with Crippen LogP contribution in [0.4, 0.5) is 5.82 Å². The van der Waals surface area contributed by atoms with Crippen molar-refractivity contribution in [1.29, 1.82) is 0 Å². The van der Waals surface area contributed by atoms with Crippen LogP contribution < -0.4 is 10.2 Å². The van der Waals surface area contributed by atoms with Gasteiger partial charge in [0.25, 0.3) is 5.91 Å². The van der Waals surface area contributed by atoms with Crippen molar-refractivity contribution in [3.8, 4) is 11.4 Å². The first kappa shape index (κ1) is 20.5. The van der Waals surface area contributed by atoms with Crippen molar-refractivity contribution < 1.29 is 4.79 Å². The van der Waals surface area contributed by atoms with Gasteiger partial charge in [-0.3, -0.25) is 4.79 Å². The molecule has 0 bridgehead atoms. The van der Waals surface area contributed by atoms with Crippen LogP contribution in [0.3, 0.4) is 0 Å². The summed E-state index contributed by atoms with van der Waals surface area (Å²) in [6, 6.07) is 18.0. The molecule has 2 aromatic carbocycles. The zero-order valence-electron chi connectivity index (χ0n) is 17.7. The molecule has 1 heterocycles. The summed E-state index contributed by atoms with van der Waals surface area (Å²) in [5, 5.41) is 3.07. The van der Waals surface area contributed by atoms with Crippen LogP contribution in [0.2, 0.25) is 0 Å². The summed E-state index contributed by atoms with van der Waals surface area (Å²) in [7, 11) is 1.95. The molecule has 0 spiro atoms. The largest absolute Gasteiger partial charge is 0.356 e. The van der Waals surface area contributed by atoms with Gasteiger partial charge in [0.05, 0.1) is 6.04 Å². The second kappa shape index (κ2) is 8.86. The Morgan fingerprint density at radius 1 is 1.03 bits per heavy atom. The fraction of sp³-hybridized carbons (Fsp3) is 0.292. The molecule has 0 aliphatic carbocycles. The van der Waals surface area contributed by atoms with E-state index in [0.29, 0.717) is 17.2 Å². The highest BCUT2D eigenvalue weighted by Gasteiger charge is 2.21. The average Bonchev–Trinajstić information content (AvgIpc) is 2.73. The van der Waals surface area contributed by atoms with Gasteiger partial charge in [-0.15, -0.1) is 0 Å². The SMILES string of the molecule is Cc1cccc(-c2ncc(C(=O)N[C@H](C)c3ccccc3)c(N(C)C(C)C)n2)c1. The molecule has 0 saturated carbocycles. The highest BCUT2D eigenvalue weighted by molar-refractivity contribution is 5.99. The highest BCUT2D eigenvalue weighted by Crippen LogP contribution is 2.24. The monoisotopic (exact) mass is 388 g/mol. The number of carbonyl (C=O) groups is 1. The smallest absolute Gasteiger partial charge is 0.257 e. The first-order valence-electron chi connectivity index (χ1n) is 9.89. The number of rotatable bonds is 6. The molecule has 1 atom stereocenters. The third-order valence-corrected chi connectivity index (χ3v) is 5.05. The van der Waals surface area contributed by atoms with Crippen molar-refractivity contribution in [2.45, 2.75) is 39.8 Å². The van der Waals surface area contributed by atoms with Gasteiger partial charge < -0.3 is 10.2 Å². The quantitative estimate of drug-likeness (QED) is 0.660. The lowest BCUT2D eigenvalue weighted by Crippen LogP contribution is -2.32. The molecule has 150 valence electrons. The Morgan fingerprint density at radius 2 is 1.76 bits per heavy atom. The number of aromatic nitrogens is 2. The van der Waals surface area contributed by atoms with Crippen molar-refractivity contribution in [3.05, 3.63) is 77.5 Å². The molecule has 5 heteroatoms. The molecular weight excluding hydrogens is 360 g/mol. The molecule has 29 heavy (non-hydrogen) atoms. The Kier molecular flexibility index (Phi) is 6.27. The molecule has 0 aliphatic rings. The molecule has 0 fully saturated rings. The van der Waals surface area contributed by atoms with Gasteiger partial charge in [0, 0.05) is 24.8 Å². The van der Waals surface area contributed by atoms with E-state index in [9.17, 15) is 4.79 Å². The van der Waals surface area contributed by atoms with Crippen molar-refractivity contribution in [3.63, 3.8) is 0 Å². The number of carbonyl (C=O) groups excluding carboxylic acids is 1. The number of nitrogens with zero attached hydrogens (tertiary/aromatic N) is 3. The topological polar surface area (TPSA) is 58.1 Å². The number of hydrogen-bond acceptors (Lipinski definition) is 4. The van der Waals surface area contributed by atoms with Crippen LogP contribution in [0.15, 0.2) is 60.8 Å². The molecule has 0 unspecified atom stereocenters. The Labute approximate surface area is 172 Å². The maximum absolute atomic E-state index is 13.1. The van der Waals surface area contributed by atoms with Crippen molar-refractivity contribution in [2.75, 3.05) is 11.9 Å². The lowest BCUT2D eigenvalue weighted by Gasteiger charge is -2.25. The van der Waals surface area contributed by atoms with E-state index < -0.39 is 0 Å². The Balaban J connectivity index is 1.95. The average molecular weight is 389 g/mol. The molecule has 0 radical (unpaired) electrons. The Morgan fingerprint density at radius 3 is 2.41 bits per heavy atom. The summed E-state index contributed by atoms with van der Waals surface area (Å²) in [6.45, 7) is 8.16. The predicted molar refractivity (Wildman–Crippen MR) is 118 cm³/mol. The van der Waals surface area contributed by atoms with Crippen LogP contribution in [0, 0.1) is 6.92 Å². The van der Waals surface area contributed by atoms with E-state index in [1.54, 1.807) is 6.20 Å². The van der Waals surface area contributed by atoms with Crippen molar-refractivity contribution in [2.24, 2.45) is 0 Å². The number of hydrogen-bond donors (Lipinski definition) is 1. The summed E-state index contributed by atoms with van der Waals surface area (Å²) in [5.74, 6) is 1.06. The highest BCUT2D eigenvalue weighted by atomic mass is 16.1. The summed E-state index contributed by atoms with van der Waals surface area (Å²) < 4.78 is 0. The number of aryl methyl sites for hydroxylation is 1. The van der Waals surface area contributed by atoms with E-state index >= 15 is 0 Å². The van der Waals surface area contributed by atoms with Crippen molar-refractivity contribution in [1.82, 2.24) is 15.3 Å². The lowest BCUT2D eigenvalue weighted by molar-refractivity contribution is 0.0939. The van der Waals surface area contributed by atoms with E-state index in [-0.39, 0.29) is 18.0 Å². The summed E-state index contributed by atoms with van der Waals surface area (Å²) in [5.41, 5.74) is 3.61. The second-order valence-corrected chi connectivity index (χ2v) is 7.61. The molecule has 0 aliphatic heterocycles. The Hall–Kier alpha value is -3.21. The van der Waals surface area contributed by atoms with Crippen LogP contribution in [-0.2, 0) is 0 Å². The third kappa shape index (κ3) is 4.80. The Bertz CT molecular complexity index is 985. The van der Waals surface area contributed by atoms with Crippen LogP contribution in [0.25, 0.3) is 11.4 Å². The fourth-order valence-corrected chi connectivity index (χ4v) is 3.07. The molecule has 1 aromatic heterocycles. The maximum Gasteiger partial charge on any atom is 0.257 e. The molecular formula is C24H28N4O. The van der Waals surface area contributed by atoms with Gasteiger partial charge >= 0.3 is 0 Å². The first-order valence-corrected chi connectivity index (χ1v) is 9.89. The maximum atomic E-state index is 13.1. The van der Waals surface area contributed by atoms with E-state index in [2.05, 4.69) is 24.1 Å². The van der Waals surface area contributed by atoms with Gasteiger partial charge in [-0.2, -0.15) is 0 Å². The summed E-state index contributed by atoms with van der Waals surface area (Å²) in [4.78, 5) is 24.3. The van der Waals surface area contributed by atoms with Crippen LogP contribution >= 0.6 is 0 Å². The van der Waals surface area contributed by atoms with E-state index in [1.807, 2.05) is 80.4 Å². The van der Waals surface area contributed by atoms with Gasteiger partial charge in [0.15, 0.2) is 5.82 Å². The van der Waals surface area contributed by atoms with Crippen LogP contribution in [0.1, 0.15) is 48.3 Å². The van der Waals surface area contributed by atoms with Gasteiger partial charge in [-0.25, -0.2) is 9.97 Å². The van der Waals surface area contributed by atoms with Crippen molar-refractivity contribution >= 4 is 11.7 Å². The first-order chi connectivity index (χ1) is 13.9. The van der Waals surface area contributed by atoms with Crippen LogP contribution in [0.5, 0.6) is 0 Å². The summed E-state index contributed by atoms with van der Waals surface area (Å²) in [6.07, 6.45) is 1.63. The predicted octanol–water partition coefficient (Wildman–Crippen LogP) is 4.79. The number of anilines is 1. The molecule has 0 saturated heterocycles. The molecule has 1 amide bonds. The normalized spacial score (nSPS) is 11.9. The van der Waals surface area contributed by atoms with Crippen LogP contribution in [-0.4, -0.2) is 29.0 Å². The number of benzene rings is 2. The van der Waals surface area contributed by atoms with E-state index in [0.717, 1.165) is 16.7 Å². The molecule has 3 rings (SSSR count). The third-order valence-electron chi connectivity index (χ3n) is 5.05. The number of amides is 1. The zero-order valence-corrected chi connectivity index (χ0v) is 17.7. The lowest BCUT2D eigenvalue weighted by atomic mass is 10.1.